The van der Waals surface area contributed by atoms with Crippen LogP contribution in [-0.4, -0.2) is 55.3 Å². The molecule has 1 rings (SSSR count). The highest BCUT2D eigenvalue weighted by atomic mass is 35.5. The summed E-state index contributed by atoms with van der Waals surface area (Å²) in [4.78, 5) is 0. The molecule has 0 aliphatic carbocycles. The molecule has 0 saturated heterocycles. The number of benzene rings is 1. The molecule has 0 atom stereocenters. The topological polar surface area (TPSA) is 0 Å². The van der Waals surface area contributed by atoms with Crippen molar-refractivity contribution in [3.63, 3.8) is 0 Å². The smallest absolute Gasteiger partial charge is 0.104 e. The second kappa shape index (κ2) is 32.1. The average molecular weight is 632 g/mol. The summed E-state index contributed by atoms with van der Waals surface area (Å²) in [5, 5.41) is 0. The normalized spacial score (nSPS) is 11.3. The minimum Gasteiger partial charge on any atom is -1.00 e. The zero-order valence-corrected chi connectivity index (χ0v) is 31.2. The second-order valence-electron chi connectivity index (χ2n) is 13.0. The summed E-state index contributed by atoms with van der Waals surface area (Å²) in [5.74, 6) is 0. The van der Waals surface area contributed by atoms with Crippen molar-refractivity contribution in [3.8, 4) is 0 Å². The molecule has 0 amide bonds. The second-order valence-corrected chi connectivity index (χ2v) is 13.0. The van der Waals surface area contributed by atoms with E-state index in [4.69, 9.17) is 0 Å². The molecule has 42 heavy (non-hydrogen) atoms. The van der Waals surface area contributed by atoms with E-state index in [9.17, 15) is 0 Å². The molecule has 0 aromatic heterocycles. The Morgan fingerprint density at radius 2 is 0.738 bits per heavy atom. The Morgan fingerprint density at radius 3 is 1.05 bits per heavy atom. The Kier molecular flexibility index (Phi) is 35.3. The number of unbranched alkanes of at least 4 members (excludes halogenated alkanes) is 15. The molecular formula is C38H76Cl2N2. The van der Waals surface area contributed by atoms with Crippen molar-refractivity contribution < 1.29 is 33.8 Å². The van der Waals surface area contributed by atoms with Gasteiger partial charge in [0.25, 0.3) is 0 Å². The van der Waals surface area contributed by atoms with E-state index in [0.717, 1.165) is 0 Å². The SMILES string of the molecule is CCCCCCCC[N+](C)(CCCCCCCC)CCCCCCCC.CC[N+](CC)(CC)Cc1ccccc1.[Cl-].[Cl-]. The molecule has 2 nitrogen and oxygen atoms in total. The van der Waals surface area contributed by atoms with E-state index in [1.54, 1.807) is 0 Å². The van der Waals surface area contributed by atoms with Gasteiger partial charge < -0.3 is 33.8 Å². The first-order valence-corrected chi connectivity index (χ1v) is 18.2. The number of quaternary nitrogens is 2. The van der Waals surface area contributed by atoms with Crippen LogP contribution in [0, 0.1) is 0 Å². The van der Waals surface area contributed by atoms with Crippen LogP contribution in [0.15, 0.2) is 30.3 Å². The minimum absolute atomic E-state index is 0. The number of hydrogen-bond acceptors (Lipinski definition) is 0. The van der Waals surface area contributed by atoms with Crippen molar-refractivity contribution in [3.05, 3.63) is 35.9 Å². The van der Waals surface area contributed by atoms with E-state index in [2.05, 4.69) is 78.9 Å². The van der Waals surface area contributed by atoms with Gasteiger partial charge in [-0.2, -0.15) is 0 Å². The molecule has 0 fully saturated rings. The van der Waals surface area contributed by atoms with Crippen LogP contribution in [-0.2, 0) is 6.54 Å². The van der Waals surface area contributed by atoms with E-state index in [0.29, 0.717) is 0 Å². The van der Waals surface area contributed by atoms with Gasteiger partial charge in [-0.1, -0.05) is 128 Å². The van der Waals surface area contributed by atoms with Crippen molar-refractivity contribution in [1.82, 2.24) is 0 Å². The standard InChI is InChI=1S/C25H54N.C13H22N.2ClH/c1-5-8-11-14-17-20-23-26(4,24-21-18-15-12-9-6-2)25-22-19-16-13-10-7-3;1-4-14(5-2,6-3)12-13-10-8-7-9-11-13;;/h5-25H2,1-4H3;7-11H,4-6,12H2,1-3H3;2*1H/q2*+1;;/p-2. The van der Waals surface area contributed by atoms with E-state index in [1.807, 2.05) is 0 Å². The summed E-state index contributed by atoms with van der Waals surface area (Å²) in [5.41, 5.74) is 1.46. The quantitative estimate of drug-likeness (QED) is 0.0925. The molecule has 0 saturated carbocycles. The molecular weight excluding hydrogens is 555 g/mol. The predicted molar refractivity (Wildman–Crippen MR) is 183 cm³/mol. The molecule has 0 aliphatic heterocycles. The summed E-state index contributed by atoms with van der Waals surface area (Å²) < 4.78 is 2.55. The largest absolute Gasteiger partial charge is 1.00 e. The van der Waals surface area contributed by atoms with Crippen LogP contribution in [0.4, 0.5) is 0 Å². The highest BCUT2D eigenvalue weighted by Gasteiger charge is 2.21. The summed E-state index contributed by atoms with van der Waals surface area (Å²) >= 11 is 0. The molecule has 0 heterocycles. The Balaban J connectivity index is -0.000000804. The molecule has 1 aromatic carbocycles. The van der Waals surface area contributed by atoms with Gasteiger partial charge in [-0.15, -0.1) is 0 Å². The monoisotopic (exact) mass is 631 g/mol. The highest BCUT2D eigenvalue weighted by Crippen LogP contribution is 2.16. The molecule has 0 bridgehead atoms. The summed E-state index contributed by atoms with van der Waals surface area (Å²) in [6.07, 6.45) is 25.9. The van der Waals surface area contributed by atoms with E-state index in [-0.39, 0.29) is 24.8 Å². The highest BCUT2D eigenvalue weighted by molar-refractivity contribution is 5.13. The van der Waals surface area contributed by atoms with Crippen LogP contribution in [0.5, 0.6) is 0 Å². The molecule has 0 radical (unpaired) electrons. The predicted octanol–water partition coefficient (Wildman–Crippen LogP) is 5.59. The third-order valence-corrected chi connectivity index (χ3v) is 9.53. The van der Waals surface area contributed by atoms with Crippen LogP contribution >= 0.6 is 0 Å². The van der Waals surface area contributed by atoms with E-state index in [1.165, 1.54) is 176 Å². The zero-order valence-electron chi connectivity index (χ0n) is 29.7. The third-order valence-electron chi connectivity index (χ3n) is 9.53. The fourth-order valence-corrected chi connectivity index (χ4v) is 6.13. The molecule has 252 valence electrons. The zero-order chi connectivity index (χ0) is 29.8. The Labute approximate surface area is 278 Å². The van der Waals surface area contributed by atoms with Gasteiger partial charge in [0.15, 0.2) is 0 Å². The van der Waals surface area contributed by atoms with Crippen molar-refractivity contribution >= 4 is 0 Å². The van der Waals surface area contributed by atoms with Crippen LogP contribution in [0.2, 0.25) is 0 Å². The van der Waals surface area contributed by atoms with Gasteiger partial charge in [-0.25, -0.2) is 0 Å². The maximum absolute atomic E-state index is 2.56. The Morgan fingerprint density at radius 1 is 0.429 bits per heavy atom. The molecule has 0 aliphatic rings. The van der Waals surface area contributed by atoms with E-state index >= 15 is 0 Å². The van der Waals surface area contributed by atoms with E-state index < -0.39 is 0 Å². The van der Waals surface area contributed by atoms with Crippen LogP contribution in [0.25, 0.3) is 0 Å². The average Bonchev–Trinajstić information content (AvgIpc) is 2.98. The third kappa shape index (κ3) is 25.1. The number of halogens is 2. The van der Waals surface area contributed by atoms with Crippen LogP contribution < -0.4 is 24.8 Å². The van der Waals surface area contributed by atoms with Crippen LogP contribution in [0.3, 0.4) is 0 Å². The lowest BCUT2D eigenvalue weighted by Crippen LogP contribution is -3.00. The maximum atomic E-state index is 2.56. The summed E-state index contributed by atoms with van der Waals surface area (Å²) in [7, 11) is 2.56. The fraction of sp³-hybridized carbons (Fsp3) is 0.842. The van der Waals surface area contributed by atoms with Crippen LogP contribution in [0.1, 0.15) is 163 Å². The molecule has 4 heteroatoms. The molecule has 0 N–H and O–H groups in total. The number of nitrogens with zero attached hydrogens (tertiary/aromatic N) is 2. The molecule has 1 aromatic rings. The Bertz CT molecular complexity index is 584. The fourth-order valence-electron chi connectivity index (χ4n) is 6.13. The maximum Gasteiger partial charge on any atom is 0.104 e. The lowest BCUT2D eigenvalue weighted by Gasteiger charge is -2.35. The van der Waals surface area contributed by atoms with Gasteiger partial charge in [0.05, 0.1) is 46.3 Å². The number of hydrogen-bond donors (Lipinski definition) is 0. The van der Waals surface area contributed by atoms with Gasteiger partial charge in [-0.3, -0.25) is 0 Å². The first-order chi connectivity index (χ1) is 19.4. The minimum atomic E-state index is 0. The molecule has 0 unspecified atom stereocenters. The number of rotatable bonds is 26. The van der Waals surface area contributed by atoms with Crippen molar-refractivity contribution in [1.29, 1.82) is 0 Å². The Hall–Kier alpha value is -0.280. The van der Waals surface area contributed by atoms with Crippen molar-refractivity contribution in [2.75, 3.05) is 46.3 Å². The van der Waals surface area contributed by atoms with Gasteiger partial charge in [-0.05, 0) is 59.3 Å². The van der Waals surface area contributed by atoms with Crippen molar-refractivity contribution in [2.45, 2.75) is 164 Å². The lowest BCUT2D eigenvalue weighted by molar-refractivity contribution is -0.936. The van der Waals surface area contributed by atoms with Gasteiger partial charge >= 0.3 is 0 Å². The van der Waals surface area contributed by atoms with Gasteiger partial charge in [0, 0.05) is 5.56 Å². The first kappa shape index (κ1) is 46.1. The molecule has 0 spiro atoms. The van der Waals surface area contributed by atoms with Gasteiger partial charge in [0.2, 0.25) is 0 Å². The van der Waals surface area contributed by atoms with Crippen molar-refractivity contribution in [2.24, 2.45) is 0 Å². The lowest BCUT2D eigenvalue weighted by atomic mass is 10.1. The summed E-state index contributed by atoms with van der Waals surface area (Å²) in [6, 6.07) is 10.8. The van der Waals surface area contributed by atoms with Gasteiger partial charge in [0.1, 0.15) is 6.54 Å². The first-order valence-electron chi connectivity index (χ1n) is 18.2. The summed E-state index contributed by atoms with van der Waals surface area (Å²) in [6.45, 7) is 22.9.